The second-order valence-corrected chi connectivity index (χ2v) is 8.76. The van der Waals surface area contributed by atoms with Gasteiger partial charge in [-0.05, 0) is 66.6 Å². The number of carbonyl (C=O) groups is 1. The third-order valence-corrected chi connectivity index (χ3v) is 6.40. The van der Waals surface area contributed by atoms with Crippen molar-refractivity contribution in [3.63, 3.8) is 0 Å². The van der Waals surface area contributed by atoms with E-state index in [1.165, 1.54) is 17.7 Å². The Morgan fingerprint density at radius 1 is 1.22 bits per heavy atom. The fourth-order valence-corrected chi connectivity index (χ4v) is 4.55. The lowest BCUT2D eigenvalue weighted by molar-refractivity contribution is -0.142. The molecule has 0 spiro atoms. The van der Waals surface area contributed by atoms with Crippen LogP contribution in [0.1, 0.15) is 36.0 Å². The number of sulfonamides is 1. The number of esters is 1. The highest BCUT2D eigenvalue weighted by molar-refractivity contribution is 7.89. The summed E-state index contributed by atoms with van der Waals surface area (Å²) in [6, 6.07) is 12.1. The lowest BCUT2D eigenvalue weighted by Gasteiger charge is -2.14. The molecule has 7 heteroatoms. The van der Waals surface area contributed by atoms with E-state index in [-0.39, 0.29) is 23.2 Å². The lowest BCUT2D eigenvalue weighted by atomic mass is 9.98. The van der Waals surface area contributed by atoms with Crippen LogP contribution in [0.5, 0.6) is 0 Å². The van der Waals surface area contributed by atoms with Gasteiger partial charge in [0.05, 0.1) is 17.9 Å². The van der Waals surface area contributed by atoms with Crippen LogP contribution in [0.4, 0.5) is 0 Å². The van der Waals surface area contributed by atoms with Crippen molar-refractivity contribution in [3.05, 3.63) is 64.2 Å². The molecule has 1 atom stereocenters. The van der Waals surface area contributed by atoms with Crippen LogP contribution in [0, 0.1) is 0 Å². The van der Waals surface area contributed by atoms with Crippen LogP contribution < -0.4 is 4.72 Å². The van der Waals surface area contributed by atoms with Crippen molar-refractivity contribution < 1.29 is 17.9 Å². The van der Waals surface area contributed by atoms with Crippen molar-refractivity contribution in [2.75, 3.05) is 13.2 Å². The number of benzene rings is 2. The Morgan fingerprint density at radius 2 is 1.96 bits per heavy atom. The SMILES string of the molecule is CCOC(=O)Cc1ccc2c(c1)C(CNS(=O)(=O)c1ccc(Cl)cc1)CC2. The largest absolute Gasteiger partial charge is 0.466 e. The van der Waals surface area contributed by atoms with E-state index in [4.69, 9.17) is 16.3 Å². The van der Waals surface area contributed by atoms with Gasteiger partial charge in [-0.15, -0.1) is 0 Å². The van der Waals surface area contributed by atoms with Gasteiger partial charge in [-0.25, -0.2) is 13.1 Å². The summed E-state index contributed by atoms with van der Waals surface area (Å²) in [5.74, 6) is -0.167. The molecule has 0 bridgehead atoms. The molecule has 0 fully saturated rings. The Morgan fingerprint density at radius 3 is 2.67 bits per heavy atom. The van der Waals surface area contributed by atoms with Gasteiger partial charge in [-0.2, -0.15) is 0 Å². The molecule has 2 aromatic rings. The maximum Gasteiger partial charge on any atom is 0.310 e. The molecular formula is C20H22ClNO4S. The van der Waals surface area contributed by atoms with Crippen LogP contribution in [-0.4, -0.2) is 27.5 Å². The van der Waals surface area contributed by atoms with E-state index >= 15 is 0 Å². The number of halogens is 1. The Hall–Kier alpha value is -1.89. The summed E-state index contributed by atoms with van der Waals surface area (Å²) in [5.41, 5.74) is 3.20. The predicted octanol–water partition coefficient (Wildman–Crippen LogP) is 3.45. The van der Waals surface area contributed by atoms with Crippen molar-refractivity contribution in [1.29, 1.82) is 0 Å². The first-order valence-corrected chi connectivity index (χ1v) is 10.8. The topological polar surface area (TPSA) is 72.5 Å². The van der Waals surface area contributed by atoms with E-state index in [1.807, 2.05) is 18.2 Å². The van der Waals surface area contributed by atoms with Crippen molar-refractivity contribution in [3.8, 4) is 0 Å². The highest BCUT2D eigenvalue weighted by Gasteiger charge is 2.25. The normalized spacial score (nSPS) is 16.1. The first-order chi connectivity index (χ1) is 12.9. The van der Waals surface area contributed by atoms with Gasteiger partial charge >= 0.3 is 5.97 Å². The van der Waals surface area contributed by atoms with Gasteiger partial charge in [0, 0.05) is 11.6 Å². The smallest absolute Gasteiger partial charge is 0.310 e. The summed E-state index contributed by atoms with van der Waals surface area (Å²) >= 11 is 5.82. The van der Waals surface area contributed by atoms with E-state index in [2.05, 4.69) is 4.72 Å². The number of hydrogen-bond acceptors (Lipinski definition) is 4. The fraction of sp³-hybridized carbons (Fsp3) is 0.350. The van der Waals surface area contributed by atoms with Crippen molar-refractivity contribution >= 4 is 27.6 Å². The van der Waals surface area contributed by atoms with Crippen LogP contribution in [0.2, 0.25) is 5.02 Å². The maximum atomic E-state index is 12.5. The molecule has 3 rings (SSSR count). The molecule has 1 N–H and O–H groups in total. The third-order valence-electron chi connectivity index (χ3n) is 4.71. The van der Waals surface area contributed by atoms with Crippen LogP contribution >= 0.6 is 11.6 Å². The second-order valence-electron chi connectivity index (χ2n) is 6.56. The summed E-state index contributed by atoms with van der Waals surface area (Å²) in [6.45, 7) is 2.46. The zero-order chi connectivity index (χ0) is 19.4. The second kappa shape index (κ2) is 8.42. The first kappa shape index (κ1) is 19.9. The number of rotatable bonds is 7. The summed E-state index contributed by atoms with van der Waals surface area (Å²) in [6.07, 6.45) is 2.01. The molecule has 27 heavy (non-hydrogen) atoms. The molecule has 2 aromatic carbocycles. The average molecular weight is 408 g/mol. The van der Waals surface area contributed by atoms with Gasteiger partial charge in [0.2, 0.25) is 10.0 Å². The molecule has 1 unspecified atom stereocenters. The van der Waals surface area contributed by atoms with Gasteiger partial charge in [0.15, 0.2) is 0 Å². The highest BCUT2D eigenvalue weighted by atomic mass is 35.5. The van der Waals surface area contributed by atoms with Crippen LogP contribution in [0.25, 0.3) is 0 Å². The van der Waals surface area contributed by atoms with Crippen LogP contribution in [0.3, 0.4) is 0 Å². The Bertz CT molecular complexity index is 925. The predicted molar refractivity (Wildman–Crippen MR) is 104 cm³/mol. The van der Waals surface area contributed by atoms with E-state index in [1.54, 1.807) is 19.1 Å². The van der Waals surface area contributed by atoms with Crippen LogP contribution in [-0.2, 0) is 32.4 Å². The first-order valence-electron chi connectivity index (χ1n) is 8.91. The molecule has 144 valence electrons. The van der Waals surface area contributed by atoms with E-state index < -0.39 is 10.0 Å². The molecule has 5 nitrogen and oxygen atoms in total. The van der Waals surface area contributed by atoms with Crippen molar-refractivity contribution in [1.82, 2.24) is 4.72 Å². The van der Waals surface area contributed by atoms with Gasteiger partial charge in [0.1, 0.15) is 0 Å². The molecule has 0 amide bonds. The maximum absolute atomic E-state index is 12.5. The minimum Gasteiger partial charge on any atom is -0.466 e. The Labute approximate surface area is 164 Å². The quantitative estimate of drug-likeness (QED) is 0.713. The van der Waals surface area contributed by atoms with Gasteiger partial charge in [-0.3, -0.25) is 4.79 Å². The average Bonchev–Trinajstić information content (AvgIpc) is 3.03. The van der Waals surface area contributed by atoms with E-state index in [9.17, 15) is 13.2 Å². The molecule has 0 saturated heterocycles. The third kappa shape index (κ3) is 4.89. The molecule has 0 saturated carbocycles. The molecule has 0 radical (unpaired) electrons. The fourth-order valence-electron chi connectivity index (χ4n) is 3.35. The standard InChI is InChI=1S/C20H22ClNO4S/c1-2-26-20(23)12-14-3-4-15-5-6-16(19(15)11-14)13-22-27(24,25)18-9-7-17(21)8-10-18/h3-4,7-11,16,22H,2,5-6,12-13H2,1H3. The summed E-state index contributed by atoms with van der Waals surface area (Å²) < 4.78 is 32.7. The van der Waals surface area contributed by atoms with Crippen LogP contribution in [0.15, 0.2) is 47.4 Å². The summed E-state index contributed by atoms with van der Waals surface area (Å²) in [5, 5.41) is 0.493. The van der Waals surface area contributed by atoms with E-state index in [0.717, 1.165) is 24.0 Å². The lowest BCUT2D eigenvalue weighted by Crippen LogP contribution is -2.28. The molecule has 1 aliphatic rings. The minimum absolute atomic E-state index is 0.0872. The number of nitrogens with one attached hydrogen (secondary N) is 1. The molecule has 1 aliphatic carbocycles. The number of fused-ring (bicyclic) bond motifs is 1. The zero-order valence-electron chi connectivity index (χ0n) is 15.1. The van der Waals surface area contributed by atoms with Crippen molar-refractivity contribution in [2.24, 2.45) is 0 Å². The minimum atomic E-state index is -3.59. The molecule has 0 aromatic heterocycles. The van der Waals surface area contributed by atoms with Gasteiger partial charge < -0.3 is 4.74 Å². The van der Waals surface area contributed by atoms with Gasteiger partial charge in [0.25, 0.3) is 0 Å². The highest BCUT2D eigenvalue weighted by Crippen LogP contribution is 2.33. The van der Waals surface area contributed by atoms with Crippen molar-refractivity contribution in [2.45, 2.75) is 37.0 Å². The van der Waals surface area contributed by atoms with Gasteiger partial charge in [-0.1, -0.05) is 29.8 Å². The Kier molecular flexibility index (Phi) is 6.19. The number of aryl methyl sites for hydroxylation is 1. The monoisotopic (exact) mass is 407 g/mol. The zero-order valence-corrected chi connectivity index (χ0v) is 16.6. The number of hydrogen-bond donors (Lipinski definition) is 1. The summed E-state index contributed by atoms with van der Waals surface area (Å²) in [4.78, 5) is 11.9. The summed E-state index contributed by atoms with van der Waals surface area (Å²) in [7, 11) is -3.59. The Balaban J connectivity index is 1.70. The molecule has 0 heterocycles. The molecule has 0 aliphatic heterocycles. The van der Waals surface area contributed by atoms with E-state index in [0.29, 0.717) is 18.2 Å². The molecular weight excluding hydrogens is 386 g/mol. The number of ether oxygens (including phenoxy) is 1. The number of carbonyl (C=O) groups excluding carboxylic acids is 1.